The van der Waals surface area contributed by atoms with E-state index in [-0.39, 0.29) is 0 Å². The van der Waals surface area contributed by atoms with Gasteiger partial charge in [-0.25, -0.2) is 9.97 Å². The Labute approximate surface area is 161 Å². The summed E-state index contributed by atoms with van der Waals surface area (Å²) in [5, 5.41) is 13.7. The molecule has 0 aliphatic rings. The van der Waals surface area contributed by atoms with E-state index >= 15 is 0 Å². The number of hydrogen-bond donors (Lipinski definition) is 2. The molecule has 5 aromatic rings. The Morgan fingerprint density at radius 2 is 1.82 bits per heavy atom. The third kappa shape index (κ3) is 2.95. The summed E-state index contributed by atoms with van der Waals surface area (Å²) in [6.07, 6.45) is 6.20. The monoisotopic (exact) mass is 366 g/mol. The van der Waals surface area contributed by atoms with Crippen LogP contribution >= 0.6 is 0 Å². The Hall–Kier alpha value is -3.80. The predicted octanol–water partition coefficient (Wildman–Crippen LogP) is 4.22. The third-order valence-electron chi connectivity index (χ3n) is 4.83. The molecule has 3 aromatic heterocycles. The van der Waals surface area contributed by atoms with Gasteiger partial charge >= 0.3 is 0 Å². The molecule has 0 aliphatic heterocycles. The zero-order chi connectivity index (χ0) is 18.8. The molecular formula is C22H18N6. The minimum Gasteiger partial charge on any atom is -0.369 e. The normalized spacial score (nSPS) is 11.1. The zero-order valence-electron chi connectivity index (χ0n) is 15.1. The van der Waals surface area contributed by atoms with Crippen LogP contribution in [0.5, 0.6) is 0 Å². The topological polar surface area (TPSA) is 79.4 Å². The number of nitrogens with one attached hydrogen (secondary N) is 2. The Kier molecular flexibility index (Phi) is 4.14. The SMILES string of the molecule is c1ccc(CCNc2nc3c(-c4nc[nH]n4)cccc3c3cnccc23)cc1. The lowest BCUT2D eigenvalue weighted by molar-refractivity contribution is 1.01. The molecule has 0 spiro atoms. The number of aromatic amines is 1. The second-order valence-electron chi connectivity index (χ2n) is 6.57. The van der Waals surface area contributed by atoms with Crippen molar-refractivity contribution in [2.45, 2.75) is 6.42 Å². The Bertz CT molecular complexity index is 1230. The van der Waals surface area contributed by atoms with Gasteiger partial charge in [-0.2, -0.15) is 5.10 Å². The first-order chi connectivity index (χ1) is 13.9. The number of benzene rings is 2. The van der Waals surface area contributed by atoms with Gasteiger partial charge in [0.2, 0.25) is 0 Å². The van der Waals surface area contributed by atoms with E-state index in [1.165, 1.54) is 5.56 Å². The van der Waals surface area contributed by atoms with Crippen molar-refractivity contribution >= 4 is 27.5 Å². The van der Waals surface area contributed by atoms with E-state index in [1.807, 2.05) is 30.5 Å². The molecule has 5 rings (SSSR count). The van der Waals surface area contributed by atoms with Crippen LogP contribution in [0, 0.1) is 0 Å². The molecule has 0 saturated carbocycles. The van der Waals surface area contributed by atoms with Crippen LogP contribution in [0.2, 0.25) is 0 Å². The van der Waals surface area contributed by atoms with Crippen LogP contribution in [0.4, 0.5) is 5.82 Å². The van der Waals surface area contributed by atoms with E-state index < -0.39 is 0 Å². The average Bonchev–Trinajstić information content (AvgIpc) is 3.29. The van der Waals surface area contributed by atoms with Gasteiger partial charge < -0.3 is 5.32 Å². The van der Waals surface area contributed by atoms with Gasteiger partial charge in [0.05, 0.1) is 5.52 Å². The molecule has 136 valence electrons. The summed E-state index contributed by atoms with van der Waals surface area (Å²) in [6, 6.07) is 18.5. The van der Waals surface area contributed by atoms with Gasteiger partial charge in [-0.3, -0.25) is 10.1 Å². The van der Waals surface area contributed by atoms with Crippen molar-refractivity contribution in [3.8, 4) is 11.4 Å². The van der Waals surface area contributed by atoms with Crippen molar-refractivity contribution < 1.29 is 0 Å². The molecule has 0 atom stereocenters. The summed E-state index contributed by atoms with van der Waals surface area (Å²) in [7, 11) is 0. The lowest BCUT2D eigenvalue weighted by Gasteiger charge is -2.13. The van der Waals surface area contributed by atoms with Gasteiger partial charge in [-0.05, 0) is 24.1 Å². The number of anilines is 1. The van der Waals surface area contributed by atoms with Crippen molar-refractivity contribution in [1.29, 1.82) is 0 Å². The molecule has 2 aromatic carbocycles. The largest absolute Gasteiger partial charge is 0.369 e. The number of hydrogen-bond acceptors (Lipinski definition) is 5. The van der Waals surface area contributed by atoms with Crippen molar-refractivity contribution in [3.05, 3.63) is 78.9 Å². The van der Waals surface area contributed by atoms with E-state index in [9.17, 15) is 0 Å². The zero-order valence-corrected chi connectivity index (χ0v) is 15.1. The fourth-order valence-electron chi connectivity index (χ4n) is 3.49. The molecule has 0 fully saturated rings. The summed E-state index contributed by atoms with van der Waals surface area (Å²) < 4.78 is 0. The number of nitrogens with zero attached hydrogens (tertiary/aromatic N) is 4. The average molecular weight is 366 g/mol. The van der Waals surface area contributed by atoms with Gasteiger partial charge in [0.25, 0.3) is 0 Å². The van der Waals surface area contributed by atoms with Crippen LogP contribution in [0.15, 0.2) is 73.3 Å². The first-order valence-electron chi connectivity index (χ1n) is 9.20. The second-order valence-corrected chi connectivity index (χ2v) is 6.57. The standard InChI is InChI=1S/C22H18N6/c1-2-5-15(6-3-1)9-12-24-21-17-10-11-23-13-19(17)16-7-4-8-18(20(16)27-21)22-25-14-26-28-22/h1-8,10-11,13-14H,9,12H2,(H,24,27)(H,25,26,28). The first-order valence-corrected chi connectivity index (χ1v) is 9.20. The highest BCUT2D eigenvalue weighted by Gasteiger charge is 2.14. The van der Waals surface area contributed by atoms with E-state index in [1.54, 1.807) is 12.5 Å². The van der Waals surface area contributed by atoms with E-state index in [2.05, 4.69) is 55.8 Å². The maximum absolute atomic E-state index is 4.96. The maximum atomic E-state index is 4.96. The van der Waals surface area contributed by atoms with Crippen LogP contribution in [-0.2, 0) is 6.42 Å². The second kappa shape index (κ2) is 7.08. The molecule has 0 bridgehead atoms. The molecule has 6 nitrogen and oxygen atoms in total. The molecule has 0 amide bonds. The number of para-hydroxylation sites is 1. The first kappa shape index (κ1) is 16.4. The molecule has 0 aliphatic carbocycles. The Balaban J connectivity index is 1.60. The van der Waals surface area contributed by atoms with Crippen LogP contribution < -0.4 is 5.32 Å². The molecule has 6 heteroatoms. The van der Waals surface area contributed by atoms with Crippen molar-refractivity contribution in [2.75, 3.05) is 11.9 Å². The van der Waals surface area contributed by atoms with Crippen molar-refractivity contribution in [3.63, 3.8) is 0 Å². The van der Waals surface area contributed by atoms with Crippen LogP contribution in [0.3, 0.4) is 0 Å². The Morgan fingerprint density at radius 1 is 0.893 bits per heavy atom. The molecule has 0 saturated heterocycles. The molecule has 2 N–H and O–H groups in total. The molecule has 28 heavy (non-hydrogen) atoms. The minimum absolute atomic E-state index is 0.636. The highest BCUT2D eigenvalue weighted by atomic mass is 15.2. The fraction of sp³-hybridized carbons (Fsp3) is 0.0909. The fourth-order valence-corrected chi connectivity index (χ4v) is 3.49. The van der Waals surface area contributed by atoms with E-state index in [0.29, 0.717) is 5.82 Å². The van der Waals surface area contributed by atoms with Crippen LogP contribution in [0.25, 0.3) is 33.1 Å². The summed E-state index contributed by atoms with van der Waals surface area (Å²) in [6.45, 7) is 0.794. The number of aromatic nitrogens is 5. The summed E-state index contributed by atoms with van der Waals surface area (Å²) in [5.74, 6) is 1.49. The van der Waals surface area contributed by atoms with Gasteiger partial charge in [-0.15, -0.1) is 0 Å². The minimum atomic E-state index is 0.636. The van der Waals surface area contributed by atoms with Gasteiger partial charge in [-0.1, -0.05) is 42.5 Å². The number of pyridine rings is 2. The lowest BCUT2D eigenvalue weighted by atomic mass is 10.0. The highest BCUT2D eigenvalue weighted by molar-refractivity contribution is 6.12. The van der Waals surface area contributed by atoms with Crippen LogP contribution in [-0.4, -0.2) is 31.7 Å². The maximum Gasteiger partial charge on any atom is 0.183 e. The molecule has 3 heterocycles. The Morgan fingerprint density at radius 3 is 2.68 bits per heavy atom. The molecule has 0 unspecified atom stereocenters. The summed E-state index contributed by atoms with van der Waals surface area (Å²) in [4.78, 5) is 13.6. The van der Waals surface area contributed by atoms with Crippen LogP contribution in [0.1, 0.15) is 5.56 Å². The summed E-state index contributed by atoms with van der Waals surface area (Å²) >= 11 is 0. The third-order valence-corrected chi connectivity index (χ3v) is 4.83. The number of rotatable bonds is 5. The van der Waals surface area contributed by atoms with Gasteiger partial charge in [0.15, 0.2) is 5.82 Å². The van der Waals surface area contributed by atoms with Gasteiger partial charge in [0.1, 0.15) is 12.1 Å². The number of H-pyrrole nitrogens is 1. The molecular weight excluding hydrogens is 348 g/mol. The lowest BCUT2D eigenvalue weighted by Crippen LogP contribution is -2.07. The van der Waals surface area contributed by atoms with Gasteiger partial charge in [0, 0.05) is 40.7 Å². The number of fused-ring (bicyclic) bond motifs is 3. The van der Waals surface area contributed by atoms with E-state index in [0.717, 1.165) is 46.0 Å². The smallest absolute Gasteiger partial charge is 0.183 e. The summed E-state index contributed by atoms with van der Waals surface area (Å²) in [5.41, 5.74) is 3.06. The quantitative estimate of drug-likeness (QED) is 0.455. The molecule has 0 radical (unpaired) electrons. The van der Waals surface area contributed by atoms with E-state index in [4.69, 9.17) is 4.98 Å². The highest BCUT2D eigenvalue weighted by Crippen LogP contribution is 2.33. The van der Waals surface area contributed by atoms with Crippen molar-refractivity contribution in [2.24, 2.45) is 0 Å². The van der Waals surface area contributed by atoms with Crippen molar-refractivity contribution in [1.82, 2.24) is 25.1 Å². The predicted molar refractivity (Wildman–Crippen MR) is 111 cm³/mol.